The number of ether oxygens (including phenoxy) is 1. The number of benzene rings is 1. The maximum atomic E-state index is 13.9. The van der Waals surface area contributed by atoms with Crippen molar-refractivity contribution in [2.45, 2.75) is 75.6 Å². The smallest absolute Gasteiger partial charge is 0.550 e. The number of carbonyl (C=O) groups excluding carboxylic acids is 1. The molecule has 2 fully saturated rings. The first kappa shape index (κ1) is 29.2. The minimum atomic E-state index is -1.38. The number of carboxylic acids is 1. The Balaban J connectivity index is 0.00000361. The molecular formula is C27H30ClFNNaO5. The third-order valence-electron chi connectivity index (χ3n) is 6.74. The average molecular weight is 526 g/mol. The van der Waals surface area contributed by atoms with E-state index in [1.54, 1.807) is 19.3 Å². The predicted octanol–water partition coefficient (Wildman–Crippen LogP) is 1.10. The molecule has 2 N–H and O–H groups in total. The van der Waals surface area contributed by atoms with Crippen molar-refractivity contribution < 1.29 is 58.8 Å². The van der Waals surface area contributed by atoms with Crippen LogP contribution in [0.5, 0.6) is 0 Å². The van der Waals surface area contributed by atoms with E-state index < -0.39 is 30.4 Å². The number of aliphatic carboxylic acids is 1. The Kier molecular flexibility index (Phi) is 10.5. The molecule has 2 aliphatic rings. The molecule has 4 rings (SSSR count). The molecule has 0 bridgehead atoms. The number of carbonyl (C=O) groups is 1. The van der Waals surface area contributed by atoms with Gasteiger partial charge in [-0.25, -0.2) is 4.39 Å². The first-order valence-electron chi connectivity index (χ1n) is 12.0. The van der Waals surface area contributed by atoms with Crippen molar-refractivity contribution in [3.63, 3.8) is 0 Å². The zero-order valence-corrected chi connectivity index (χ0v) is 23.4. The number of aliphatic hydroxyl groups is 2. The van der Waals surface area contributed by atoms with Crippen LogP contribution in [-0.4, -0.2) is 40.5 Å². The summed E-state index contributed by atoms with van der Waals surface area (Å²) in [5, 5.41) is 31.4. The molecule has 2 atom stereocenters. The van der Waals surface area contributed by atoms with Gasteiger partial charge in [-0.1, -0.05) is 30.2 Å². The van der Waals surface area contributed by atoms with Crippen LogP contribution in [0.1, 0.15) is 79.3 Å². The van der Waals surface area contributed by atoms with Gasteiger partial charge in [0.25, 0.3) is 0 Å². The molecule has 0 radical (unpaired) electrons. The molecule has 0 unspecified atom stereocenters. The number of aromatic nitrogens is 1. The Bertz CT molecular complexity index is 1120. The van der Waals surface area contributed by atoms with Gasteiger partial charge in [0, 0.05) is 60.1 Å². The molecule has 0 amide bonds. The molecule has 0 aliphatic heterocycles. The number of nitrogens with zero attached hydrogens (tertiary/aromatic N) is 1. The molecule has 36 heavy (non-hydrogen) atoms. The van der Waals surface area contributed by atoms with E-state index in [4.69, 9.17) is 21.3 Å². The van der Waals surface area contributed by atoms with E-state index >= 15 is 0 Å². The molecule has 1 aromatic heterocycles. The fourth-order valence-electron chi connectivity index (χ4n) is 4.66. The summed E-state index contributed by atoms with van der Waals surface area (Å²) in [6.45, 7) is 0.306. The average Bonchev–Trinajstić information content (AvgIpc) is 3.57. The number of methoxy groups -OCH3 is 1. The molecule has 1 heterocycles. The molecule has 9 heteroatoms. The van der Waals surface area contributed by atoms with Crippen LogP contribution in [0.25, 0.3) is 17.2 Å². The predicted molar refractivity (Wildman–Crippen MR) is 129 cm³/mol. The van der Waals surface area contributed by atoms with E-state index in [1.165, 1.54) is 18.2 Å². The second-order valence-corrected chi connectivity index (χ2v) is 9.91. The van der Waals surface area contributed by atoms with Crippen LogP contribution < -0.4 is 34.7 Å². The summed E-state index contributed by atoms with van der Waals surface area (Å²) < 4.78 is 19.5. The van der Waals surface area contributed by atoms with Crippen LogP contribution in [0.3, 0.4) is 0 Å². The molecular weight excluding hydrogens is 496 g/mol. The summed E-state index contributed by atoms with van der Waals surface area (Å²) in [4.78, 5) is 15.9. The summed E-state index contributed by atoms with van der Waals surface area (Å²) >= 11 is 6.55. The normalized spacial score (nSPS) is 17.5. The van der Waals surface area contributed by atoms with Gasteiger partial charge in [0.1, 0.15) is 5.82 Å². The van der Waals surface area contributed by atoms with E-state index in [2.05, 4.69) is 0 Å². The van der Waals surface area contributed by atoms with Crippen molar-refractivity contribution >= 4 is 23.6 Å². The van der Waals surface area contributed by atoms with Crippen LogP contribution >= 0.6 is 11.6 Å². The molecule has 188 valence electrons. The topological polar surface area (TPSA) is 103 Å². The van der Waals surface area contributed by atoms with Crippen LogP contribution in [0.4, 0.5) is 4.39 Å². The molecule has 0 spiro atoms. The van der Waals surface area contributed by atoms with Gasteiger partial charge in [-0.05, 0) is 49.4 Å². The van der Waals surface area contributed by atoms with Crippen LogP contribution in [0, 0.1) is 5.82 Å². The molecule has 6 nitrogen and oxygen atoms in total. The zero-order chi connectivity index (χ0) is 25.1. The maximum absolute atomic E-state index is 13.9. The van der Waals surface area contributed by atoms with Gasteiger partial charge >= 0.3 is 29.6 Å². The SMILES string of the molecule is COCc1c(C2CCC2)nc(C2CC2)c(/C=C/[C@@H](O)C[C@@H](O)CC(=O)[O-])c1-c1ccc(F)cc1Cl.[Na+]. The summed E-state index contributed by atoms with van der Waals surface area (Å²) in [6, 6.07) is 4.31. The quantitative estimate of drug-likeness (QED) is 0.426. The Morgan fingerprint density at radius 1 is 1.25 bits per heavy atom. The fourth-order valence-corrected chi connectivity index (χ4v) is 4.92. The van der Waals surface area contributed by atoms with Crippen molar-refractivity contribution in [3.8, 4) is 11.1 Å². The molecule has 0 saturated heterocycles. The largest absolute Gasteiger partial charge is 1.00 e. The second-order valence-electron chi connectivity index (χ2n) is 9.50. The standard InChI is InChI=1S/C27H31ClFNO5.Na/c1-35-14-22-25(20-9-7-17(29)11-23(20)28)21(10-8-18(31)12-19(32)13-24(33)34)26(16-5-6-16)30-27(22)15-3-2-4-15;/h7-11,15-16,18-19,31-32H,2-6,12-14H2,1H3,(H,33,34);/q;+1/p-1/b10-8+;/t18-,19-;/m1./s1. The van der Waals surface area contributed by atoms with Crippen molar-refractivity contribution in [1.82, 2.24) is 4.98 Å². The van der Waals surface area contributed by atoms with Gasteiger partial charge in [-0.15, -0.1) is 0 Å². The van der Waals surface area contributed by atoms with Crippen molar-refractivity contribution in [2.24, 2.45) is 0 Å². The Morgan fingerprint density at radius 3 is 2.50 bits per heavy atom. The fraction of sp³-hybridized carbons (Fsp3) is 0.481. The molecule has 1 aromatic carbocycles. The summed E-state index contributed by atoms with van der Waals surface area (Å²) in [5.74, 6) is -1.20. The Hall–Kier alpha value is -1.32. The van der Waals surface area contributed by atoms with Crippen molar-refractivity contribution in [3.05, 3.63) is 57.6 Å². The van der Waals surface area contributed by atoms with Crippen LogP contribution in [0.2, 0.25) is 5.02 Å². The summed E-state index contributed by atoms with van der Waals surface area (Å²) in [7, 11) is 1.62. The Morgan fingerprint density at radius 2 is 1.94 bits per heavy atom. The monoisotopic (exact) mass is 525 g/mol. The Labute approximate surface area is 237 Å². The van der Waals surface area contributed by atoms with Gasteiger partial charge in [0.15, 0.2) is 0 Å². The van der Waals surface area contributed by atoms with E-state index in [9.17, 15) is 24.5 Å². The van der Waals surface area contributed by atoms with E-state index in [-0.39, 0.29) is 46.9 Å². The number of rotatable bonds is 11. The van der Waals surface area contributed by atoms with Crippen molar-refractivity contribution in [1.29, 1.82) is 0 Å². The second kappa shape index (κ2) is 13.0. The summed E-state index contributed by atoms with van der Waals surface area (Å²) in [6.07, 6.45) is 5.55. The van der Waals surface area contributed by atoms with Crippen LogP contribution in [-0.2, 0) is 16.1 Å². The first-order chi connectivity index (χ1) is 16.8. The zero-order valence-electron chi connectivity index (χ0n) is 20.7. The number of pyridine rings is 1. The first-order valence-corrected chi connectivity index (χ1v) is 12.4. The van der Waals surface area contributed by atoms with Gasteiger partial charge < -0.3 is 24.9 Å². The molecule has 2 aromatic rings. The number of hydrogen-bond acceptors (Lipinski definition) is 6. The molecule has 2 saturated carbocycles. The van der Waals surface area contributed by atoms with Crippen molar-refractivity contribution in [2.75, 3.05) is 7.11 Å². The minimum absolute atomic E-state index is 0. The third kappa shape index (κ3) is 6.95. The van der Waals surface area contributed by atoms with E-state index in [0.29, 0.717) is 18.1 Å². The van der Waals surface area contributed by atoms with E-state index in [1.807, 2.05) is 0 Å². The van der Waals surface area contributed by atoms with Gasteiger partial charge in [0.05, 0.1) is 29.5 Å². The summed E-state index contributed by atoms with van der Waals surface area (Å²) in [5.41, 5.74) is 5.08. The maximum Gasteiger partial charge on any atom is 1.00 e. The van der Waals surface area contributed by atoms with Gasteiger partial charge in [0.2, 0.25) is 0 Å². The number of halogens is 2. The third-order valence-corrected chi connectivity index (χ3v) is 7.06. The van der Waals surface area contributed by atoms with Crippen LogP contribution in [0.15, 0.2) is 24.3 Å². The number of carboxylic acid groups (broad SMARTS) is 1. The van der Waals surface area contributed by atoms with Gasteiger partial charge in [-0.3, -0.25) is 4.98 Å². The minimum Gasteiger partial charge on any atom is -0.550 e. The number of aliphatic hydroxyl groups excluding tert-OH is 2. The number of hydrogen-bond donors (Lipinski definition) is 2. The van der Waals surface area contributed by atoms with E-state index in [0.717, 1.165) is 60.2 Å². The van der Waals surface area contributed by atoms with Gasteiger partial charge in [-0.2, -0.15) is 0 Å². The molecule has 2 aliphatic carbocycles.